The fourth-order valence-corrected chi connectivity index (χ4v) is 2.69. The lowest BCUT2D eigenvalue weighted by Crippen LogP contribution is -2.57. The van der Waals surface area contributed by atoms with Gasteiger partial charge in [0, 0.05) is 30.7 Å². The van der Waals surface area contributed by atoms with E-state index >= 15 is 0 Å². The maximum absolute atomic E-state index is 12.7. The molecule has 1 amide bonds. The van der Waals surface area contributed by atoms with E-state index in [2.05, 4.69) is 24.1 Å². The Morgan fingerprint density at radius 3 is 2.79 bits per heavy atom. The van der Waals surface area contributed by atoms with Gasteiger partial charge in [0.2, 0.25) is 0 Å². The van der Waals surface area contributed by atoms with Gasteiger partial charge in [0.15, 0.2) is 0 Å². The van der Waals surface area contributed by atoms with Gasteiger partial charge in [-0.1, -0.05) is 31.5 Å². The number of nitrogens with zero attached hydrogens (tertiary/aromatic N) is 1. The summed E-state index contributed by atoms with van der Waals surface area (Å²) < 4.78 is 0. The minimum atomic E-state index is 0.176. The largest absolute Gasteiger partial charge is 0.333 e. The van der Waals surface area contributed by atoms with E-state index in [0.717, 1.165) is 37.1 Å². The standard InChI is InChI=1S/C16H24N2O/c1-4-14-11-18(15(5-2)10-17-14)16(19)13-8-6-7-12(3)9-13/h6-9,14-15,17H,4-5,10-11H2,1-3H3. The SMILES string of the molecule is CCC1CN(C(=O)c2cccc(C)c2)C(CC)CN1. The van der Waals surface area contributed by atoms with Crippen LogP contribution >= 0.6 is 0 Å². The summed E-state index contributed by atoms with van der Waals surface area (Å²) in [6.45, 7) is 8.07. The molecule has 2 rings (SSSR count). The maximum atomic E-state index is 12.7. The Bertz CT molecular complexity index is 444. The second-order valence-corrected chi connectivity index (χ2v) is 5.40. The lowest BCUT2D eigenvalue weighted by molar-refractivity contribution is 0.0576. The number of amides is 1. The first-order valence-corrected chi connectivity index (χ1v) is 7.26. The number of rotatable bonds is 3. The molecule has 0 aliphatic carbocycles. The number of aryl methyl sites for hydroxylation is 1. The van der Waals surface area contributed by atoms with Gasteiger partial charge in [-0.3, -0.25) is 4.79 Å². The molecule has 1 aromatic rings. The lowest BCUT2D eigenvalue weighted by atomic mass is 10.0. The van der Waals surface area contributed by atoms with Gasteiger partial charge in [0.25, 0.3) is 5.91 Å². The molecule has 0 spiro atoms. The quantitative estimate of drug-likeness (QED) is 0.906. The second kappa shape index (κ2) is 6.20. The van der Waals surface area contributed by atoms with Crippen LogP contribution in [-0.4, -0.2) is 36.0 Å². The fraction of sp³-hybridized carbons (Fsp3) is 0.562. The van der Waals surface area contributed by atoms with E-state index < -0.39 is 0 Å². The Kier molecular flexibility index (Phi) is 4.59. The highest BCUT2D eigenvalue weighted by molar-refractivity contribution is 5.94. The Morgan fingerprint density at radius 1 is 1.37 bits per heavy atom. The number of hydrogen-bond donors (Lipinski definition) is 1. The maximum Gasteiger partial charge on any atom is 0.254 e. The number of carbonyl (C=O) groups is 1. The Labute approximate surface area is 116 Å². The Hall–Kier alpha value is -1.35. The second-order valence-electron chi connectivity index (χ2n) is 5.40. The fourth-order valence-electron chi connectivity index (χ4n) is 2.69. The molecule has 1 aromatic carbocycles. The van der Waals surface area contributed by atoms with Crippen LogP contribution in [0.25, 0.3) is 0 Å². The van der Waals surface area contributed by atoms with Crippen molar-refractivity contribution in [2.45, 2.75) is 45.7 Å². The number of nitrogens with one attached hydrogen (secondary N) is 1. The van der Waals surface area contributed by atoms with E-state index in [0.29, 0.717) is 12.1 Å². The van der Waals surface area contributed by atoms with E-state index in [4.69, 9.17) is 0 Å². The lowest BCUT2D eigenvalue weighted by Gasteiger charge is -2.40. The van der Waals surface area contributed by atoms with Crippen LogP contribution < -0.4 is 5.32 Å². The van der Waals surface area contributed by atoms with Crippen LogP contribution in [-0.2, 0) is 0 Å². The van der Waals surface area contributed by atoms with Crippen molar-refractivity contribution in [3.63, 3.8) is 0 Å². The topological polar surface area (TPSA) is 32.3 Å². The van der Waals surface area contributed by atoms with Gasteiger partial charge in [-0.05, 0) is 31.9 Å². The highest BCUT2D eigenvalue weighted by Crippen LogP contribution is 2.16. The third kappa shape index (κ3) is 3.16. The molecule has 1 fully saturated rings. The van der Waals surface area contributed by atoms with E-state index in [1.807, 2.05) is 31.2 Å². The first kappa shape index (κ1) is 14.1. The van der Waals surface area contributed by atoms with Crippen molar-refractivity contribution in [1.29, 1.82) is 0 Å². The molecule has 1 aliphatic heterocycles. The molecule has 3 heteroatoms. The molecule has 19 heavy (non-hydrogen) atoms. The number of carbonyl (C=O) groups excluding carboxylic acids is 1. The van der Waals surface area contributed by atoms with E-state index in [1.54, 1.807) is 0 Å². The van der Waals surface area contributed by atoms with Gasteiger partial charge in [-0.15, -0.1) is 0 Å². The Morgan fingerprint density at radius 2 is 2.16 bits per heavy atom. The molecular formula is C16H24N2O. The van der Waals surface area contributed by atoms with Crippen molar-refractivity contribution in [2.24, 2.45) is 0 Å². The summed E-state index contributed by atoms with van der Waals surface area (Å²) in [5.74, 6) is 0.176. The summed E-state index contributed by atoms with van der Waals surface area (Å²) in [7, 11) is 0. The molecule has 0 saturated carbocycles. The molecule has 1 aliphatic rings. The summed E-state index contributed by atoms with van der Waals surface area (Å²) >= 11 is 0. The minimum Gasteiger partial charge on any atom is -0.333 e. The summed E-state index contributed by atoms with van der Waals surface area (Å²) in [4.78, 5) is 14.7. The van der Waals surface area contributed by atoms with Crippen molar-refractivity contribution < 1.29 is 4.79 Å². The van der Waals surface area contributed by atoms with Crippen LogP contribution in [0, 0.1) is 6.92 Å². The van der Waals surface area contributed by atoms with Crippen LogP contribution in [0.1, 0.15) is 42.6 Å². The molecule has 2 unspecified atom stereocenters. The molecule has 0 radical (unpaired) electrons. The van der Waals surface area contributed by atoms with Crippen LogP contribution in [0.4, 0.5) is 0 Å². The van der Waals surface area contributed by atoms with Gasteiger partial charge in [0.1, 0.15) is 0 Å². The van der Waals surface area contributed by atoms with Crippen LogP contribution in [0.2, 0.25) is 0 Å². The first-order valence-electron chi connectivity index (χ1n) is 7.26. The number of piperazine rings is 1. The highest BCUT2D eigenvalue weighted by Gasteiger charge is 2.29. The number of hydrogen-bond acceptors (Lipinski definition) is 2. The highest BCUT2D eigenvalue weighted by atomic mass is 16.2. The van der Waals surface area contributed by atoms with E-state index in [1.165, 1.54) is 0 Å². The van der Waals surface area contributed by atoms with Crippen molar-refractivity contribution in [3.05, 3.63) is 35.4 Å². The van der Waals surface area contributed by atoms with Crippen LogP contribution in [0.15, 0.2) is 24.3 Å². The molecule has 104 valence electrons. The third-order valence-corrected chi connectivity index (χ3v) is 3.99. The van der Waals surface area contributed by atoms with Crippen LogP contribution in [0.5, 0.6) is 0 Å². The molecule has 0 aromatic heterocycles. The van der Waals surface area contributed by atoms with Crippen molar-refractivity contribution >= 4 is 5.91 Å². The zero-order valence-electron chi connectivity index (χ0n) is 12.1. The molecule has 2 atom stereocenters. The van der Waals surface area contributed by atoms with Gasteiger partial charge >= 0.3 is 0 Å². The van der Waals surface area contributed by atoms with E-state index in [9.17, 15) is 4.79 Å². The predicted octanol–water partition coefficient (Wildman–Crippen LogP) is 2.60. The van der Waals surface area contributed by atoms with Crippen LogP contribution in [0.3, 0.4) is 0 Å². The summed E-state index contributed by atoms with van der Waals surface area (Å²) in [6.07, 6.45) is 2.06. The van der Waals surface area contributed by atoms with Crippen molar-refractivity contribution in [3.8, 4) is 0 Å². The van der Waals surface area contributed by atoms with Gasteiger partial charge < -0.3 is 10.2 Å². The molecule has 1 saturated heterocycles. The summed E-state index contributed by atoms with van der Waals surface area (Å²) in [5, 5.41) is 3.52. The molecular weight excluding hydrogens is 236 g/mol. The average molecular weight is 260 g/mol. The predicted molar refractivity (Wildman–Crippen MR) is 78.4 cm³/mol. The molecule has 1 N–H and O–H groups in total. The van der Waals surface area contributed by atoms with E-state index in [-0.39, 0.29) is 5.91 Å². The third-order valence-electron chi connectivity index (χ3n) is 3.99. The normalized spacial score (nSPS) is 23.4. The summed E-state index contributed by atoms with van der Waals surface area (Å²) in [5.41, 5.74) is 1.95. The summed E-state index contributed by atoms with van der Waals surface area (Å²) in [6, 6.07) is 8.64. The van der Waals surface area contributed by atoms with Crippen molar-refractivity contribution in [2.75, 3.05) is 13.1 Å². The average Bonchev–Trinajstić information content (AvgIpc) is 2.45. The smallest absolute Gasteiger partial charge is 0.254 e. The minimum absolute atomic E-state index is 0.176. The molecule has 3 nitrogen and oxygen atoms in total. The molecule has 1 heterocycles. The Balaban J connectivity index is 2.19. The van der Waals surface area contributed by atoms with Gasteiger partial charge in [0.05, 0.1) is 0 Å². The first-order chi connectivity index (χ1) is 9.15. The zero-order chi connectivity index (χ0) is 13.8. The molecule has 0 bridgehead atoms. The zero-order valence-corrected chi connectivity index (χ0v) is 12.1. The van der Waals surface area contributed by atoms with Crippen molar-refractivity contribution in [1.82, 2.24) is 10.2 Å². The monoisotopic (exact) mass is 260 g/mol. The van der Waals surface area contributed by atoms with Gasteiger partial charge in [-0.2, -0.15) is 0 Å². The van der Waals surface area contributed by atoms with Gasteiger partial charge in [-0.25, -0.2) is 0 Å². The number of benzene rings is 1.